The van der Waals surface area contributed by atoms with Crippen molar-refractivity contribution in [2.45, 2.75) is 19.6 Å². The van der Waals surface area contributed by atoms with Gasteiger partial charge in [0.25, 0.3) is 0 Å². The van der Waals surface area contributed by atoms with E-state index in [0.717, 1.165) is 16.7 Å². The number of aryl methyl sites for hydroxylation is 1. The van der Waals surface area contributed by atoms with Crippen LogP contribution < -0.4 is 11.1 Å². The maximum Gasteiger partial charge on any atom is 0.0915 e. The Labute approximate surface area is 113 Å². The second-order valence-corrected chi connectivity index (χ2v) is 4.62. The number of anilines is 1. The quantitative estimate of drug-likeness (QED) is 0.714. The fraction of sp³-hybridized carbons (Fsp3) is 0.267. The van der Waals surface area contributed by atoms with Gasteiger partial charge >= 0.3 is 0 Å². The molecule has 0 amide bonds. The van der Waals surface area contributed by atoms with Crippen LogP contribution in [0.15, 0.2) is 42.7 Å². The first-order valence-corrected chi connectivity index (χ1v) is 6.30. The summed E-state index contributed by atoms with van der Waals surface area (Å²) in [6, 6.07) is 9.55. The number of nitrogens with two attached hydrogens (primary N) is 1. The Morgan fingerprint density at radius 2 is 2.21 bits per heavy atom. The summed E-state index contributed by atoms with van der Waals surface area (Å²) in [5.41, 5.74) is 9.51. The van der Waals surface area contributed by atoms with Crippen molar-refractivity contribution < 1.29 is 5.11 Å². The molecule has 0 saturated heterocycles. The molecule has 0 fully saturated rings. The summed E-state index contributed by atoms with van der Waals surface area (Å²) >= 11 is 0. The zero-order chi connectivity index (χ0) is 13.7. The van der Waals surface area contributed by atoms with E-state index in [9.17, 15) is 5.11 Å². The van der Waals surface area contributed by atoms with Gasteiger partial charge in [-0.05, 0) is 35.7 Å². The molecule has 19 heavy (non-hydrogen) atoms. The van der Waals surface area contributed by atoms with E-state index in [1.165, 1.54) is 0 Å². The largest absolute Gasteiger partial charge is 0.399 e. The first kappa shape index (κ1) is 13.5. The van der Waals surface area contributed by atoms with Crippen molar-refractivity contribution in [1.29, 1.82) is 0 Å². The minimum atomic E-state index is -0.556. The molecule has 0 saturated carbocycles. The van der Waals surface area contributed by atoms with Crippen LogP contribution in [0.4, 0.5) is 5.69 Å². The molecule has 4 N–H and O–H groups in total. The summed E-state index contributed by atoms with van der Waals surface area (Å²) in [5.74, 6) is 0. The van der Waals surface area contributed by atoms with Crippen LogP contribution in [0.2, 0.25) is 0 Å². The summed E-state index contributed by atoms with van der Waals surface area (Å²) in [7, 11) is 0. The molecule has 2 aromatic rings. The van der Waals surface area contributed by atoms with E-state index >= 15 is 0 Å². The standard InChI is InChI=1S/C15H19N3O/c1-11-4-5-13(7-14(11)16)15(19)10-18-9-12-3-2-6-17-8-12/h2-8,15,18-19H,9-10,16H2,1H3. The zero-order valence-corrected chi connectivity index (χ0v) is 11.0. The van der Waals surface area contributed by atoms with Crippen LogP contribution in [0.1, 0.15) is 22.8 Å². The third-order valence-corrected chi connectivity index (χ3v) is 3.08. The summed E-state index contributed by atoms with van der Waals surface area (Å²) in [6.45, 7) is 3.12. The molecule has 0 spiro atoms. The van der Waals surface area contributed by atoms with E-state index in [-0.39, 0.29) is 0 Å². The second kappa shape index (κ2) is 6.31. The molecule has 1 unspecified atom stereocenters. The minimum absolute atomic E-state index is 0.484. The lowest BCUT2D eigenvalue weighted by molar-refractivity contribution is 0.174. The van der Waals surface area contributed by atoms with Gasteiger partial charge < -0.3 is 16.2 Å². The third-order valence-electron chi connectivity index (χ3n) is 3.08. The molecule has 0 bridgehead atoms. The molecule has 1 atom stereocenters. The number of nitrogen functional groups attached to an aromatic ring is 1. The van der Waals surface area contributed by atoms with Gasteiger partial charge in [-0.25, -0.2) is 0 Å². The Morgan fingerprint density at radius 1 is 1.37 bits per heavy atom. The number of pyridine rings is 1. The molecule has 1 heterocycles. The molecule has 4 heteroatoms. The maximum absolute atomic E-state index is 10.1. The van der Waals surface area contributed by atoms with Crippen LogP contribution in [0.25, 0.3) is 0 Å². The van der Waals surface area contributed by atoms with Crippen molar-refractivity contribution in [2.24, 2.45) is 0 Å². The second-order valence-electron chi connectivity index (χ2n) is 4.62. The summed E-state index contributed by atoms with van der Waals surface area (Å²) in [5, 5.41) is 13.3. The highest BCUT2D eigenvalue weighted by Crippen LogP contribution is 2.18. The van der Waals surface area contributed by atoms with E-state index in [2.05, 4.69) is 10.3 Å². The monoisotopic (exact) mass is 257 g/mol. The fourth-order valence-electron chi connectivity index (χ4n) is 1.84. The van der Waals surface area contributed by atoms with Crippen molar-refractivity contribution in [3.05, 3.63) is 59.4 Å². The van der Waals surface area contributed by atoms with Gasteiger partial charge in [-0.15, -0.1) is 0 Å². The molecule has 2 rings (SSSR count). The van der Waals surface area contributed by atoms with E-state index in [1.54, 1.807) is 6.20 Å². The highest BCUT2D eigenvalue weighted by Gasteiger charge is 2.08. The Morgan fingerprint density at radius 3 is 2.89 bits per heavy atom. The van der Waals surface area contributed by atoms with Gasteiger partial charge in [0.1, 0.15) is 0 Å². The fourth-order valence-corrected chi connectivity index (χ4v) is 1.84. The lowest BCUT2D eigenvalue weighted by Gasteiger charge is -2.13. The predicted molar refractivity (Wildman–Crippen MR) is 76.5 cm³/mol. The SMILES string of the molecule is Cc1ccc(C(O)CNCc2cccnc2)cc1N. The average Bonchev–Trinajstić information content (AvgIpc) is 2.43. The minimum Gasteiger partial charge on any atom is -0.399 e. The van der Waals surface area contributed by atoms with Gasteiger partial charge in [0.2, 0.25) is 0 Å². The van der Waals surface area contributed by atoms with Crippen molar-refractivity contribution in [3.8, 4) is 0 Å². The smallest absolute Gasteiger partial charge is 0.0915 e. The lowest BCUT2D eigenvalue weighted by Crippen LogP contribution is -2.21. The van der Waals surface area contributed by atoms with Crippen LogP contribution in [0.3, 0.4) is 0 Å². The molecule has 4 nitrogen and oxygen atoms in total. The summed E-state index contributed by atoms with van der Waals surface area (Å²) in [4.78, 5) is 4.04. The molecule has 0 aliphatic heterocycles. The first-order chi connectivity index (χ1) is 9.16. The molecular formula is C15H19N3O. The maximum atomic E-state index is 10.1. The number of nitrogens with one attached hydrogen (secondary N) is 1. The number of nitrogens with zero attached hydrogens (tertiary/aromatic N) is 1. The molecular weight excluding hydrogens is 238 g/mol. The number of aliphatic hydroxyl groups excluding tert-OH is 1. The van der Waals surface area contributed by atoms with Gasteiger partial charge in [-0.1, -0.05) is 18.2 Å². The zero-order valence-electron chi connectivity index (χ0n) is 11.0. The van der Waals surface area contributed by atoms with Crippen LogP contribution >= 0.6 is 0 Å². The van der Waals surface area contributed by atoms with Gasteiger partial charge in [0, 0.05) is 31.2 Å². The van der Waals surface area contributed by atoms with Crippen LogP contribution in [0, 0.1) is 6.92 Å². The number of benzene rings is 1. The highest BCUT2D eigenvalue weighted by molar-refractivity contribution is 5.48. The lowest BCUT2D eigenvalue weighted by atomic mass is 10.1. The average molecular weight is 257 g/mol. The van der Waals surface area contributed by atoms with E-state index in [0.29, 0.717) is 18.8 Å². The van der Waals surface area contributed by atoms with Crippen molar-refractivity contribution >= 4 is 5.69 Å². The summed E-state index contributed by atoms with van der Waals surface area (Å²) < 4.78 is 0. The molecule has 0 radical (unpaired) electrons. The van der Waals surface area contributed by atoms with Crippen LogP contribution in [0.5, 0.6) is 0 Å². The van der Waals surface area contributed by atoms with E-state index < -0.39 is 6.10 Å². The van der Waals surface area contributed by atoms with Gasteiger partial charge in [0.15, 0.2) is 0 Å². The molecule has 0 aliphatic carbocycles. The number of hydrogen-bond donors (Lipinski definition) is 3. The van der Waals surface area contributed by atoms with Gasteiger partial charge in [-0.3, -0.25) is 4.98 Å². The van der Waals surface area contributed by atoms with Crippen molar-refractivity contribution in [2.75, 3.05) is 12.3 Å². The number of hydrogen-bond acceptors (Lipinski definition) is 4. The molecule has 0 aliphatic rings. The van der Waals surface area contributed by atoms with Gasteiger partial charge in [0.05, 0.1) is 6.10 Å². The third kappa shape index (κ3) is 3.77. The molecule has 1 aromatic heterocycles. The van der Waals surface area contributed by atoms with Crippen molar-refractivity contribution in [3.63, 3.8) is 0 Å². The normalized spacial score (nSPS) is 12.3. The Hall–Kier alpha value is -1.91. The van der Waals surface area contributed by atoms with Gasteiger partial charge in [-0.2, -0.15) is 0 Å². The van der Waals surface area contributed by atoms with Crippen LogP contribution in [-0.4, -0.2) is 16.6 Å². The van der Waals surface area contributed by atoms with Crippen LogP contribution in [-0.2, 0) is 6.54 Å². The predicted octanol–water partition coefficient (Wildman–Crippen LogP) is 1.80. The Balaban J connectivity index is 1.87. The number of aromatic nitrogens is 1. The van der Waals surface area contributed by atoms with E-state index in [1.807, 2.05) is 43.5 Å². The Kier molecular flexibility index (Phi) is 4.49. The molecule has 100 valence electrons. The summed E-state index contributed by atoms with van der Waals surface area (Å²) in [6.07, 6.45) is 3.00. The number of aliphatic hydroxyl groups is 1. The first-order valence-electron chi connectivity index (χ1n) is 6.30. The topological polar surface area (TPSA) is 71.2 Å². The highest BCUT2D eigenvalue weighted by atomic mass is 16.3. The molecule has 1 aromatic carbocycles. The van der Waals surface area contributed by atoms with Crippen molar-refractivity contribution in [1.82, 2.24) is 10.3 Å². The number of rotatable bonds is 5. The van der Waals surface area contributed by atoms with E-state index in [4.69, 9.17) is 5.73 Å². The Bertz CT molecular complexity index is 528.